The van der Waals surface area contributed by atoms with E-state index in [0.717, 1.165) is 13.0 Å². The Kier molecular flexibility index (Phi) is 7.55. The van der Waals surface area contributed by atoms with Crippen LogP contribution in [-0.4, -0.2) is 59.9 Å². The van der Waals surface area contributed by atoms with Crippen LogP contribution < -0.4 is 5.32 Å². The maximum atomic E-state index is 10.1. The summed E-state index contributed by atoms with van der Waals surface area (Å²) in [6, 6.07) is 0. The molecule has 0 aliphatic carbocycles. The zero-order valence-corrected chi connectivity index (χ0v) is 9.00. The van der Waals surface area contributed by atoms with Crippen molar-refractivity contribution in [1.29, 1.82) is 0 Å². The number of hydrogen-bond donors (Lipinski definition) is 3. The summed E-state index contributed by atoms with van der Waals surface area (Å²) in [5.41, 5.74) is 0. The SMILES string of the molecule is CN(CCCCl)CC(O)CNC(=O)O. The molecular formula is C8H17ClN2O3. The predicted octanol–water partition coefficient (Wildman–Crippen LogP) is 0.176. The number of alkyl halides is 1. The number of halogens is 1. The molecule has 84 valence electrons. The molecule has 0 bridgehead atoms. The van der Waals surface area contributed by atoms with Crippen LogP contribution in [0, 0.1) is 0 Å². The molecule has 6 heteroatoms. The lowest BCUT2D eigenvalue weighted by Crippen LogP contribution is -2.38. The molecule has 1 atom stereocenters. The van der Waals surface area contributed by atoms with Crippen LogP contribution in [0.2, 0.25) is 0 Å². The number of likely N-dealkylation sites (N-methyl/N-ethyl adjacent to an activating group) is 1. The monoisotopic (exact) mass is 224 g/mol. The second-order valence-electron chi connectivity index (χ2n) is 3.14. The molecular weight excluding hydrogens is 208 g/mol. The molecule has 0 saturated carbocycles. The zero-order valence-electron chi connectivity index (χ0n) is 8.24. The topological polar surface area (TPSA) is 72.8 Å². The van der Waals surface area contributed by atoms with Crippen molar-refractivity contribution in [3.05, 3.63) is 0 Å². The van der Waals surface area contributed by atoms with E-state index in [1.165, 1.54) is 0 Å². The van der Waals surface area contributed by atoms with E-state index in [2.05, 4.69) is 5.32 Å². The summed E-state index contributed by atoms with van der Waals surface area (Å²) < 4.78 is 0. The predicted molar refractivity (Wildman–Crippen MR) is 54.9 cm³/mol. The van der Waals surface area contributed by atoms with E-state index in [1.807, 2.05) is 11.9 Å². The first-order chi connectivity index (χ1) is 6.56. The van der Waals surface area contributed by atoms with Gasteiger partial charge < -0.3 is 20.4 Å². The molecule has 3 N–H and O–H groups in total. The molecule has 0 radical (unpaired) electrons. The van der Waals surface area contributed by atoms with Gasteiger partial charge in [-0.15, -0.1) is 11.6 Å². The minimum atomic E-state index is -1.12. The lowest BCUT2D eigenvalue weighted by atomic mass is 10.3. The molecule has 1 amide bonds. The van der Waals surface area contributed by atoms with Gasteiger partial charge in [0.2, 0.25) is 0 Å². The van der Waals surface area contributed by atoms with Crippen LogP contribution in [0.1, 0.15) is 6.42 Å². The van der Waals surface area contributed by atoms with Crippen molar-refractivity contribution in [3.63, 3.8) is 0 Å². The highest BCUT2D eigenvalue weighted by atomic mass is 35.5. The number of hydrogen-bond acceptors (Lipinski definition) is 3. The third-order valence-corrected chi connectivity index (χ3v) is 1.95. The Hall–Kier alpha value is -0.520. The van der Waals surface area contributed by atoms with Crippen molar-refractivity contribution >= 4 is 17.7 Å². The van der Waals surface area contributed by atoms with Gasteiger partial charge in [-0.25, -0.2) is 4.79 Å². The van der Waals surface area contributed by atoms with E-state index >= 15 is 0 Å². The smallest absolute Gasteiger partial charge is 0.404 e. The summed E-state index contributed by atoms with van der Waals surface area (Å²) in [5, 5.41) is 19.8. The fraction of sp³-hybridized carbons (Fsp3) is 0.875. The Morgan fingerprint density at radius 3 is 2.79 bits per heavy atom. The standard InChI is InChI=1S/C8H17ClN2O3/c1-11(4-2-3-9)6-7(12)5-10-8(13)14/h7,10,12H,2-6H2,1H3,(H,13,14). The van der Waals surface area contributed by atoms with Gasteiger partial charge in [0.05, 0.1) is 6.10 Å². The van der Waals surface area contributed by atoms with E-state index in [1.54, 1.807) is 0 Å². The minimum absolute atomic E-state index is 0.0561. The van der Waals surface area contributed by atoms with Crippen LogP contribution in [0.15, 0.2) is 0 Å². The van der Waals surface area contributed by atoms with E-state index in [0.29, 0.717) is 12.4 Å². The van der Waals surface area contributed by atoms with Gasteiger partial charge in [-0.2, -0.15) is 0 Å². The Balaban J connectivity index is 3.49. The van der Waals surface area contributed by atoms with Crippen LogP contribution in [0.5, 0.6) is 0 Å². The second-order valence-corrected chi connectivity index (χ2v) is 3.52. The van der Waals surface area contributed by atoms with Crippen LogP contribution in [0.25, 0.3) is 0 Å². The van der Waals surface area contributed by atoms with Gasteiger partial charge in [0, 0.05) is 19.0 Å². The fourth-order valence-electron chi connectivity index (χ4n) is 1.05. The van der Waals surface area contributed by atoms with Crippen LogP contribution >= 0.6 is 11.6 Å². The normalized spacial score (nSPS) is 12.9. The van der Waals surface area contributed by atoms with Gasteiger partial charge in [0.15, 0.2) is 0 Å². The largest absolute Gasteiger partial charge is 0.465 e. The highest BCUT2D eigenvalue weighted by molar-refractivity contribution is 6.17. The Morgan fingerprint density at radius 2 is 2.29 bits per heavy atom. The average Bonchev–Trinajstić information content (AvgIpc) is 2.11. The molecule has 0 aromatic rings. The minimum Gasteiger partial charge on any atom is -0.465 e. The van der Waals surface area contributed by atoms with E-state index in [4.69, 9.17) is 16.7 Å². The van der Waals surface area contributed by atoms with Gasteiger partial charge >= 0.3 is 6.09 Å². The third-order valence-electron chi connectivity index (χ3n) is 1.68. The summed E-state index contributed by atoms with van der Waals surface area (Å²) in [6.07, 6.45) is -0.934. The number of nitrogens with one attached hydrogen (secondary N) is 1. The Labute approximate surface area is 88.7 Å². The molecule has 1 unspecified atom stereocenters. The first-order valence-electron chi connectivity index (χ1n) is 4.45. The van der Waals surface area contributed by atoms with Crippen LogP contribution in [0.3, 0.4) is 0 Å². The van der Waals surface area contributed by atoms with Crippen molar-refractivity contribution in [2.24, 2.45) is 0 Å². The number of aliphatic hydroxyl groups excluding tert-OH is 1. The molecule has 0 fully saturated rings. The molecule has 0 aliphatic heterocycles. The molecule has 0 rings (SSSR count). The molecule has 0 aliphatic rings. The highest BCUT2D eigenvalue weighted by Crippen LogP contribution is 1.92. The highest BCUT2D eigenvalue weighted by Gasteiger charge is 2.08. The first kappa shape index (κ1) is 13.5. The van der Waals surface area contributed by atoms with Crippen molar-refractivity contribution in [2.45, 2.75) is 12.5 Å². The molecule has 0 aromatic heterocycles. The summed E-state index contributed by atoms with van der Waals surface area (Å²) >= 11 is 5.51. The summed E-state index contributed by atoms with van der Waals surface area (Å²) in [6.45, 7) is 1.30. The molecule has 0 saturated heterocycles. The van der Waals surface area contributed by atoms with Crippen molar-refractivity contribution in [2.75, 3.05) is 32.6 Å². The summed E-state index contributed by atoms with van der Waals surface area (Å²) in [5.74, 6) is 0.591. The molecule has 5 nitrogen and oxygen atoms in total. The second kappa shape index (κ2) is 7.84. The number of aliphatic hydroxyl groups is 1. The lowest BCUT2D eigenvalue weighted by Gasteiger charge is -2.19. The zero-order chi connectivity index (χ0) is 11.0. The Morgan fingerprint density at radius 1 is 1.64 bits per heavy atom. The number of amides is 1. The number of carboxylic acid groups (broad SMARTS) is 1. The van der Waals surface area contributed by atoms with E-state index in [9.17, 15) is 9.90 Å². The third kappa shape index (κ3) is 8.10. The molecule has 0 aromatic carbocycles. The van der Waals surface area contributed by atoms with Gasteiger partial charge in [-0.3, -0.25) is 0 Å². The lowest BCUT2D eigenvalue weighted by molar-refractivity contribution is 0.120. The molecule has 0 heterocycles. The number of carbonyl (C=O) groups is 1. The van der Waals surface area contributed by atoms with Crippen molar-refractivity contribution in [1.82, 2.24) is 10.2 Å². The number of nitrogens with zero attached hydrogens (tertiary/aromatic N) is 1. The molecule has 14 heavy (non-hydrogen) atoms. The quantitative estimate of drug-likeness (QED) is 0.540. The maximum absolute atomic E-state index is 10.1. The molecule has 0 spiro atoms. The van der Waals surface area contributed by atoms with Crippen molar-refractivity contribution < 1.29 is 15.0 Å². The van der Waals surface area contributed by atoms with Crippen molar-refractivity contribution in [3.8, 4) is 0 Å². The van der Waals surface area contributed by atoms with Gasteiger partial charge in [-0.1, -0.05) is 0 Å². The fourth-order valence-corrected chi connectivity index (χ4v) is 1.17. The van der Waals surface area contributed by atoms with Crippen LogP contribution in [-0.2, 0) is 0 Å². The number of rotatable bonds is 7. The Bertz CT molecular complexity index is 169. The van der Waals surface area contributed by atoms with Crippen LogP contribution in [0.4, 0.5) is 4.79 Å². The van der Waals surface area contributed by atoms with Gasteiger partial charge in [0.25, 0.3) is 0 Å². The average molecular weight is 225 g/mol. The maximum Gasteiger partial charge on any atom is 0.404 e. The van der Waals surface area contributed by atoms with Gasteiger partial charge in [0.1, 0.15) is 0 Å². The summed E-state index contributed by atoms with van der Waals surface area (Å²) in [7, 11) is 1.86. The first-order valence-corrected chi connectivity index (χ1v) is 4.99. The van der Waals surface area contributed by atoms with Gasteiger partial charge in [-0.05, 0) is 20.0 Å². The van der Waals surface area contributed by atoms with E-state index < -0.39 is 12.2 Å². The summed E-state index contributed by atoms with van der Waals surface area (Å²) in [4.78, 5) is 12.0. The van der Waals surface area contributed by atoms with E-state index in [-0.39, 0.29) is 6.54 Å².